The molecule has 0 aliphatic heterocycles. The van der Waals surface area contributed by atoms with Crippen LogP contribution in [0.2, 0.25) is 0 Å². The second kappa shape index (κ2) is 5.37. The summed E-state index contributed by atoms with van der Waals surface area (Å²) in [5.41, 5.74) is 5.42. The van der Waals surface area contributed by atoms with Crippen LogP contribution < -0.4 is 5.73 Å². The third kappa shape index (κ3) is 3.71. The number of alkyl halides is 4. The largest absolute Gasteiger partial charge is 0.319 e. The van der Waals surface area contributed by atoms with Gasteiger partial charge in [0.15, 0.2) is 0 Å². The lowest BCUT2D eigenvalue weighted by Crippen LogP contribution is -2.18. The summed E-state index contributed by atoms with van der Waals surface area (Å²) >= 11 is 0.366. The van der Waals surface area contributed by atoms with Crippen molar-refractivity contribution in [3.05, 3.63) is 29.8 Å². The SMILES string of the molecule is NC(c1ccc(SC(F)F)cc1)C(F)F. The summed E-state index contributed by atoms with van der Waals surface area (Å²) in [6, 6.07) is 4.02. The molecule has 0 heterocycles. The lowest BCUT2D eigenvalue weighted by Gasteiger charge is -2.10. The van der Waals surface area contributed by atoms with E-state index in [1.54, 1.807) is 0 Å². The molecule has 6 heteroatoms. The predicted octanol–water partition coefficient (Wildman–Crippen LogP) is 3.27. The fraction of sp³-hybridized carbons (Fsp3) is 0.333. The Morgan fingerprint density at radius 2 is 1.53 bits per heavy atom. The Kier molecular flexibility index (Phi) is 4.41. The summed E-state index contributed by atoms with van der Waals surface area (Å²) in [6.07, 6.45) is -2.65. The van der Waals surface area contributed by atoms with Gasteiger partial charge < -0.3 is 5.73 Å². The molecular formula is C9H9F4NS. The van der Waals surface area contributed by atoms with E-state index in [0.29, 0.717) is 16.7 Å². The Hall–Kier alpha value is -0.750. The Bertz CT molecular complexity index is 301. The zero-order valence-electron chi connectivity index (χ0n) is 7.54. The van der Waals surface area contributed by atoms with Gasteiger partial charge in [0.05, 0.1) is 6.04 Å². The summed E-state index contributed by atoms with van der Waals surface area (Å²) in [5, 5.41) is 0. The van der Waals surface area contributed by atoms with Gasteiger partial charge in [-0.15, -0.1) is 0 Å². The van der Waals surface area contributed by atoms with E-state index in [4.69, 9.17) is 5.73 Å². The maximum atomic E-state index is 12.2. The summed E-state index contributed by atoms with van der Waals surface area (Å²) in [6.45, 7) is 0. The van der Waals surface area contributed by atoms with E-state index in [9.17, 15) is 17.6 Å². The van der Waals surface area contributed by atoms with Crippen molar-refractivity contribution >= 4 is 11.8 Å². The van der Waals surface area contributed by atoms with E-state index >= 15 is 0 Å². The molecule has 0 amide bonds. The first kappa shape index (κ1) is 12.3. The standard InChI is InChI=1S/C9H9F4NS/c10-8(11)7(14)5-1-3-6(4-2-5)15-9(12)13/h1-4,7-9H,14H2. The predicted molar refractivity (Wildman–Crippen MR) is 51.2 cm³/mol. The van der Waals surface area contributed by atoms with Crippen molar-refractivity contribution < 1.29 is 17.6 Å². The molecule has 0 saturated carbocycles. The monoisotopic (exact) mass is 239 g/mol. The molecule has 0 spiro atoms. The minimum Gasteiger partial charge on any atom is -0.319 e. The molecule has 0 bridgehead atoms. The molecule has 1 unspecified atom stereocenters. The van der Waals surface area contributed by atoms with Crippen molar-refractivity contribution in [2.75, 3.05) is 0 Å². The smallest absolute Gasteiger partial charge is 0.288 e. The van der Waals surface area contributed by atoms with Gasteiger partial charge in [0.2, 0.25) is 0 Å². The first-order chi connectivity index (χ1) is 7.00. The van der Waals surface area contributed by atoms with Gasteiger partial charge >= 0.3 is 0 Å². The van der Waals surface area contributed by atoms with Crippen LogP contribution in [0.1, 0.15) is 11.6 Å². The average molecular weight is 239 g/mol. The minimum absolute atomic E-state index is 0.239. The summed E-state index contributed by atoms with van der Waals surface area (Å²) in [5.74, 6) is -2.51. The highest BCUT2D eigenvalue weighted by molar-refractivity contribution is 7.99. The maximum absolute atomic E-state index is 12.2. The van der Waals surface area contributed by atoms with Crippen LogP contribution in [0.4, 0.5) is 17.6 Å². The van der Waals surface area contributed by atoms with Gasteiger partial charge in [0.1, 0.15) is 0 Å². The molecule has 2 N–H and O–H groups in total. The molecule has 0 aliphatic carbocycles. The summed E-state index contributed by atoms with van der Waals surface area (Å²) in [7, 11) is 0. The molecule has 84 valence electrons. The van der Waals surface area contributed by atoms with E-state index in [2.05, 4.69) is 0 Å². The number of hydrogen-bond donors (Lipinski definition) is 1. The number of rotatable bonds is 4. The van der Waals surface area contributed by atoms with E-state index in [1.807, 2.05) is 0 Å². The maximum Gasteiger partial charge on any atom is 0.288 e. The van der Waals surface area contributed by atoms with Crippen LogP contribution in [-0.2, 0) is 0 Å². The fourth-order valence-electron chi connectivity index (χ4n) is 1.02. The summed E-state index contributed by atoms with van der Waals surface area (Å²) in [4.78, 5) is 0.329. The van der Waals surface area contributed by atoms with Gasteiger partial charge in [-0.2, -0.15) is 8.78 Å². The molecule has 0 saturated heterocycles. The van der Waals surface area contributed by atoms with Crippen LogP contribution in [0.15, 0.2) is 29.2 Å². The van der Waals surface area contributed by atoms with Crippen molar-refractivity contribution in [1.29, 1.82) is 0 Å². The van der Waals surface area contributed by atoms with Crippen molar-refractivity contribution in [2.24, 2.45) is 5.73 Å². The van der Waals surface area contributed by atoms with Crippen molar-refractivity contribution in [2.45, 2.75) is 23.1 Å². The highest BCUT2D eigenvalue weighted by atomic mass is 32.2. The van der Waals surface area contributed by atoms with Crippen molar-refractivity contribution in [3.8, 4) is 0 Å². The topological polar surface area (TPSA) is 26.0 Å². The lowest BCUT2D eigenvalue weighted by molar-refractivity contribution is 0.116. The highest BCUT2D eigenvalue weighted by Gasteiger charge is 2.17. The van der Waals surface area contributed by atoms with Crippen molar-refractivity contribution in [1.82, 2.24) is 0 Å². The number of benzene rings is 1. The molecule has 1 aromatic rings. The molecule has 1 atom stereocenters. The molecule has 0 aromatic heterocycles. The number of nitrogens with two attached hydrogens (primary N) is 1. The molecule has 1 aromatic carbocycles. The summed E-state index contributed by atoms with van der Waals surface area (Å²) < 4.78 is 48.2. The van der Waals surface area contributed by atoms with Crippen LogP contribution in [0, 0.1) is 0 Å². The Balaban J connectivity index is 2.72. The number of halogens is 4. The quantitative estimate of drug-likeness (QED) is 0.644. The molecule has 1 rings (SSSR count). The number of hydrogen-bond acceptors (Lipinski definition) is 2. The van der Waals surface area contributed by atoms with E-state index < -0.39 is 18.2 Å². The van der Waals surface area contributed by atoms with E-state index in [0.717, 1.165) is 0 Å². The minimum atomic E-state index is -2.65. The van der Waals surface area contributed by atoms with E-state index in [1.165, 1.54) is 24.3 Å². The fourth-order valence-corrected chi connectivity index (χ4v) is 1.52. The Morgan fingerprint density at radius 1 is 1.00 bits per heavy atom. The van der Waals surface area contributed by atoms with Crippen molar-refractivity contribution in [3.63, 3.8) is 0 Å². The third-order valence-electron chi connectivity index (χ3n) is 1.76. The average Bonchev–Trinajstić information content (AvgIpc) is 2.17. The van der Waals surface area contributed by atoms with Crippen LogP contribution in [0.3, 0.4) is 0 Å². The van der Waals surface area contributed by atoms with Gasteiger partial charge in [-0.05, 0) is 17.7 Å². The van der Waals surface area contributed by atoms with Crippen LogP contribution >= 0.6 is 11.8 Å². The number of thioether (sulfide) groups is 1. The molecule has 0 aliphatic rings. The van der Waals surface area contributed by atoms with Crippen LogP contribution in [-0.4, -0.2) is 12.2 Å². The molecule has 0 radical (unpaired) electrons. The molecule has 15 heavy (non-hydrogen) atoms. The van der Waals surface area contributed by atoms with Gasteiger partial charge in [-0.1, -0.05) is 23.9 Å². The first-order valence-corrected chi connectivity index (χ1v) is 4.97. The zero-order chi connectivity index (χ0) is 11.4. The molecular weight excluding hydrogens is 230 g/mol. The zero-order valence-corrected chi connectivity index (χ0v) is 8.36. The first-order valence-electron chi connectivity index (χ1n) is 4.09. The second-order valence-electron chi connectivity index (χ2n) is 2.81. The molecule has 0 fully saturated rings. The van der Waals surface area contributed by atoms with Gasteiger partial charge in [0, 0.05) is 4.90 Å². The normalized spacial score (nSPS) is 13.5. The van der Waals surface area contributed by atoms with Gasteiger partial charge in [0.25, 0.3) is 12.2 Å². The van der Waals surface area contributed by atoms with Crippen LogP contribution in [0.25, 0.3) is 0 Å². The lowest BCUT2D eigenvalue weighted by atomic mass is 10.1. The van der Waals surface area contributed by atoms with Crippen LogP contribution in [0.5, 0.6) is 0 Å². The van der Waals surface area contributed by atoms with E-state index in [-0.39, 0.29) is 5.56 Å². The second-order valence-corrected chi connectivity index (χ2v) is 3.87. The third-order valence-corrected chi connectivity index (χ3v) is 2.48. The van der Waals surface area contributed by atoms with Gasteiger partial charge in [-0.3, -0.25) is 0 Å². The van der Waals surface area contributed by atoms with Gasteiger partial charge in [-0.25, -0.2) is 8.78 Å². The Labute approximate surface area is 88.7 Å². The molecule has 1 nitrogen and oxygen atoms in total. The highest BCUT2D eigenvalue weighted by Crippen LogP contribution is 2.27. The Morgan fingerprint density at radius 3 is 1.93 bits per heavy atom.